The summed E-state index contributed by atoms with van der Waals surface area (Å²) in [6, 6.07) is 0.606. The second kappa shape index (κ2) is 6.15. The van der Waals surface area contributed by atoms with Gasteiger partial charge < -0.3 is 14.4 Å². The number of carboxylic acids is 1. The summed E-state index contributed by atoms with van der Waals surface area (Å²) in [5.41, 5.74) is 0. The Balaban J connectivity index is 1.57. The van der Waals surface area contributed by atoms with E-state index in [0.717, 1.165) is 24.9 Å². The lowest BCUT2D eigenvalue weighted by atomic mass is 10.2. The summed E-state index contributed by atoms with van der Waals surface area (Å²) in [7, 11) is 0. The lowest BCUT2D eigenvalue weighted by Gasteiger charge is -2.35. The number of nitrogens with zero attached hydrogens (tertiary/aromatic N) is 3. The van der Waals surface area contributed by atoms with Crippen LogP contribution in [0.4, 0.5) is 0 Å². The molecule has 0 amide bonds. The quantitative estimate of drug-likeness (QED) is 0.815. The molecule has 0 aromatic carbocycles. The van der Waals surface area contributed by atoms with Crippen molar-refractivity contribution in [2.75, 3.05) is 25.4 Å². The van der Waals surface area contributed by atoms with Gasteiger partial charge in [0.1, 0.15) is 0 Å². The van der Waals surface area contributed by atoms with Gasteiger partial charge in [-0.1, -0.05) is 11.8 Å². The Hall–Kier alpha value is -1.05. The molecular formula is C13H19N3O3S. The first-order valence-corrected chi connectivity index (χ1v) is 7.92. The van der Waals surface area contributed by atoms with Gasteiger partial charge in [-0.2, -0.15) is 0 Å². The van der Waals surface area contributed by atoms with E-state index in [4.69, 9.17) is 9.84 Å². The molecule has 7 heteroatoms. The third kappa shape index (κ3) is 3.16. The Morgan fingerprint density at radius 2 is 2.50 bits per heavy atom. The number of hydrogen-bond acceptors (Lipinski definition) is 5. The molecule has 2 saturated heterocycles. The first-order chi connectivity index (χ1) is 9.72. The van der Waals surface area contributed by atoms with Crippen molar-refractivity contribution < 1.29 is 14.6 Å². The maximum atomic E-state index is 10.6. The maximum absolute atomic E-state index is 10.6. The van der Waals surface area contributed by atoms with Crippen LogP contribution in [0.15, 0.2) is 17.6 Å². The molecule has 2 aliphatic rings. The second-order valence-electron chi connectivity index (χ2n) is 5.29. The van der Waals surface area contributed by atoms with Crippen LogP contribution in [-0.2, 0) is 16.1 Å². The molecule has 0 saturated carbocycles. The van der Waals surface area contributed by atoms with E-state index in [1.165, 1.54) is 31.1 Å². The van der Waals surface area contributed by atoms with E-state index in [2.05, 4.69) is 9.88 Å². The molecule has 3 rings (SSSR count). The van der Waals surface area contributed by atoms with Crippen LogP contribution in [0.1, 0.15) is 12.8 Å². The van der Waals surface area contributed by atoms with Crippen LogP contribution in [-0.4, -0.2) is 63.1 Å². The SMILES string of the molecule is O=C(O)CSc1nccn1CC1CN2CCCC2CO1. The Labute approximate surface area is 122 Å². The summed E-state index contributed by atoms with van der Waals surface area (Å²) in [6.07, 6.45) is 6.29. The summed E-state index contributed by atoms with van der Waals surface area (Å²) >= 11 is 1.25. The van der Waals surface area contributed by atoms with Crippen molar-refractivity contribution in [2.24, 2.45) is 0 Å². The van der Waals surface area contributed by atoms with Crippen molar-refractivity contribution in [3.8, 4) is 0 Å². The van der Waals surface area contributed by atoms with Crippen LogP contribution in [0, 0.1) is 0 Å². The van der Waals surface area contributed by atoms with Gasteiger partial charge in [0.05, 0.1) is 25.0 Å². The molecule has 110 valence electrons. The van der Waals surface area contributed by atoms with E-state index in [9.17, 15) is 4.79 Å². The van der Waals surface area contributed by atoms with Crippen molar-refractivity contribution in [1.82, 2.24) is 14.5 Å². The minimum absolute atomic E-state index is 0.0384. The highest BCUT2D eigenvalue weighted by Crippen LogP contribution is 2.24. The van der Waals surface area contributed by atoms with Crippen LogP contribution >= 0.6 is 11.8 Å². The fourth-order valence-electron chi connectivity index (χ4n) is 2.92. The average Bonchev–Trinajstić information content (AvgIpc) is 3.04. The standard InChI is InChI=1S/C13H19N3O3S/c17-12(18)9-20-13-14-3-5-16(13)7-11-6-15-4-1-2-10(15)8-19-11/h3,5,10-11H,1-2,4,6-9H2,(H,17,18). The molecule has 1 aromatic rings. The fourth-order valence-corrected chi connectivity index (χ4v) is 3.61. The van der Waals surface area contributed by atoms with E-state index >= 15 is 0 Å². The molecule has 2 unspecified atom stereocenters. The molecule has 1 N–H and O–H groups in total. The molecule has 2 aliphatic heterocycles. The van der Waals surface area contributed by atoms with Gasteiger partial charge in [0, 0.05) is 25.0 Å². The summed E-state index contributed by atoms with van der Waals surface area (Å²) in [5.74, 6) is -0.783. The van der Waals surface area contributed by atoms with Crippen molar-refractivity contribution in [1.29, 1.82) is 0 Å². The van der Waals surface area contributed by atoms with E-state index in [-0.39, 0.29) is 11.9 Å². The Morgan fingerprint density at radius 3 is 3.35 bits per heavy atom. The number of imidazole rings is 1. The minimum Gasteiger partial charge on any atom is -0.481 e. The molecule has 0 bridgehead atoms. The maximum Gasteiger partial charge on any atom is 0.313 e. The number of aromatic nitrogens is 2. The van der Waals surface area contributed by atoms with Crippen LogP contribution in [0.5, 0.6) is 0 Å². The minimum atomic E-state index is -0.821. The monoisotopic (exact) mass is 297 g/mol. The number of rotatable bonds is 5. The van der Waals surface area contributed by atoms with Gasteiger partial charge in [0.2, 0.25) is 0 Å². The Bertz CT molecular complexity index is 479. The molecule has 0 spiro atoms. The van der Waals surface area contributed by atoms with Gasteiger partial charge in [-0.3, -0.25) is 9.69 Å². The number of hydrogen-bond donors (Lipinski definition) is 1. The zero-order valence-electron chi connectivity index (χ0n) is 11.3. The van der Waals surface area contributed by atoms with Gasteiger partial charge in [-0.05, 0) is 19.4 Å². The largest absolute Gasteiger partial charge is 0.481 e. The fraction of sp³-hybridized carbons (Fsp3) is 0.692. The first kappa shape index (κ1) is 13.9. The van der Waals surface area contributed by atoms with Crippen LogP contribution in [0.25, 0.3) is 0 Å². The van der Waals surface area contributed by atoms with Gasteiger partial charge in [0.25, 0.3) is 0 Å². The molecule has 2 fully saturated rings. The predicted octanol–water partition coefficient (Wildman–Crippen LogP) is 0.923. The highest BCUT2D eigenvalue weighted by Gasteiger charge is 2.32. The van der Waals surface area contributed by atoms with Crippen molar-refractivity contribution in [3.63, 3.8) is 0 Å². The highest BCUT2D eigenvalue weighted by atomic mass is 32.2. The molecule has 3 heterocycles. The molecule has 20 heavy (non-hydrogen) atoms. The Kier molecular flexibility index (Phi) is 4.28. The topological polar surface area (TPSA) is 67.6 Å². The summed E-state index contributed by atoms with van der Waals surface area (Å²) in [4.78, 5) is 17.4. The molecule has 1 aromatic heterocycles. The predicted molar refractivity (Wildman–Crippen MR) is 74.9 cm³/mol. The van der Waals surface area contributed by atoms with Crippen LogP contribution in [0.2, 0.25) is 0 Å². The summed E-state index contributed by atoms with van der Waals surface area (Å²) < 4.78 is 7.92. The van der Waals surface area contributed by atoms with Gasteiger partial charge in [-0.15, -0.1) is 0 Å². The number of aliphatic carboxylic acids is 1. The number of carboxylic acid groups (broad SMARTS) is 1. The second-order valence-corrected chi connectivity index (χ2v) is 6.23. The van der Waals surface area contributed by atoms with E-state index in [1.54, 1.807) is 6.20 Å². The molecule has 2 atom stereocenters. The molecule has 0 aliphatic carbocycles. The van der Waals surface area contributed by atoms with Gasteiger partial charge in [-0.25, -0.2) is 4.98 Å². The molecule has 0 radical (unpaired) electrons. The van der Waals surface area contributed by atoms with Crippen molar-refractivity contribution >= 4 is 17.7 Å². The Morgan fingerprint density at radius 1 is 1.60 bits per heavy atom. The normalized spacial score (nSPS) is 26.6. The smallest absolute Gasteiger partial charge is 0.313 e. The number of fused-ring (bicyclic) bond motifs is 1. The first-order valence-electron chi connectivity index (χ1n) is 6.94. The van der Waals surface area contributed by atoms with Crippen molar-refractivity contribution in [3.05, 3.63) is 12.4 Å². The third-order valence-electron chi connectivity index (χ3n) is 3.86. The van der Waals surface area contributed by atoms with E-state index in [1.807, 2.05) is 10.8 Å². The lowest BCUT2D eigenvalue weighted by molar-refractivity contribution is -0.133. The van der Waals surface area contributed by atoms with Crippen LogP contribution in [0.3, 0.4) is 0 Å². The highest BCUT2D eigenvalue weighted by molar-refractivity contribution is 7.99. The lowest BCUT2D eigenvalue weighted by Crippen LogP contribution is -2.47. The number of ether oxygens (including phenoxy) is 1. The van der Waals surface area contributed by atoms with Crippen LogP contribution < -0.4 is 0 Å². The molecular weight excluding hydrogens is 278 g/mol. The number of thioether (sulfide) groups is 1. The van der Waals surface area contributed by atoms with Crippen molar-refractivity contribution in [2.45, 2.75) is 36.7 Å². The number of morpholine rings is 1. The summed E-state index contributed by atoms with van der Waals surface area (Å²) in [5, 5.41) is 9.49. The third-order valence-corrected chi connectivity index (χ3v) is 4.85. The van der Waals surface area contributed by atoms with Gasteiger partial charge >= 0.3 is 5.97 Å². The average molecular weight is 297 g/mol. The van der Waals surface area contributed by atoms with Gasteiger partial charge in [0.15, 0.2) is 5.16 Å². The zero-order valence-corrected chi connectivity index (χ0v) is 12.1. The molecule has 6 nitrogen and oxygen atoms in total. The summed E-state index contributed by atoms with van der Waals surface area (Å²) in [6.45, 7) is 3.70. The van der Waals surface area contributed by atoms with E-state index < -0.39 is 5.97 Å². The van der Waals surface area contributed by atoms with E-state index in [0.29, 0.717) is 6.04 Å². The number of carbonyl (C=O) groups is 1. The zero-order chi connectivity index (χ0) is 13.9.